The van der Waals surface area contributed by atoms with E-state index in [1.54, 1.807) is 0 Å². The molecule has 1 heterocycles. The maximum Gasteiger partial charge on any atom is 0.0667 e. The summed E-state index contributed by atoms with van der Waals surface area (Å²) in [5, 5.41) is 9.84. The molecule has 1 aromatic rings. The number of aliphatic hydroxyl groups excluding tert-OH is 1. The van der Waals surface area contributed by atoms with Gasteiger partial charge in [0, 0.05) is 18.6 Å². The molecule has 3 nitrogen and oxygen atoms in total. The van der Waals surface area contributed by atoms with Gasteiger partial charge in [0.1, 0.15) is 0 Å². The highest BCUT2D eigenvalue weighted by Gasteiger charge is 2.29. The number of piperidine rings is 1. The Bertz CT molecular complexity index is 392. The van der Waals surface area contributed by atoms with E-state index in [1.807, 2.05) is 0 Å². The first kappa shape index (κ1) is 13.5. The normalized spacial score (nSPS) is 24.8. The van der Waals surface area contributed by atoms with Crippen molar-refractivity contribution in [2.45, 2.75) is 44.9 Å². The molecule has 0 aromatic heterocycles. The van der Waals surface area contributed by atoms with Gasteiger partial charge < -0.3 is 10.8 Å². The van der Waals surface area contributed by atoms with Gasteiger partial charge in [0.05, 0.1) is 6.10 Å². The first-order chi connectivity index (χ1) is 8.59. The zero-order chi connectivity index (χ0) is 13.1. The summed E-state index contributed by atoms with van der Waals surface area (Å²) >= 11 is 0. The quantitative estimate of drug-likeness (QED) is 0.858. The Morgan fingerprint density at radius 2 is 2.11 bits per heavy atom. The third-order valence-corrected chi connectivity index (χ3v) is 3.83. The zero-order valence-electron chi connectivity index (χ0n) is 11.3. The van der Waals surface area contributed by atoms with Crippen LogP contribution in [0.5, 0.6) is 0 Å². The molecule has 0 amide bonds. The van der Waals surface area contributed by atoms with Crippen LogP contribution in [0.4, 0.5) is 0 Å². The lowest BCUT2D eigenvalue weighted by molar-refractivity contribution is 0.0403. The van der Waals surface area contributed by atoms with Crippen molar-refractivity contribution < 1.29 is 5.11 Å². The Morgan fingerprint density at radius 3 is 2.72 bits per heavy atom. The molecule has 3 heteroatoms. The lowest BCUT2D eigenvalue weighted by Crippen LogP contribution is -2.46. The molecule has 0 aliphatic carbocycles. The second kappa shape index (κ2) is 5.83. The van der Waals surface area contributed by atoms with Gasteiger partial charge in [-0.2, -0.15) is 0 Å². The van der Waals surface area contributed by atoms with Crippen molar-refractivity contribution in [3.05, 3.63) is 35.4 Å². The fraction of sp³-hybridized carbons (Fsp3) is 0.600. The van der Waals surface area contributed by atoms with E-state index in [-0.39, 0.29) is 18.2 Å². The Hall–Kier alpha value is -0.900. The lowest BCUT2D eigenvalue weighted by atomic mass is 9.93. The number of rotatable bonds is 3. The van der Waals surface area contributed by atoms with Crippen LogP contribution in [0.2, 0.25) is 0 Å². The SMILES string of the molecule is Cc1ccccc1C(C(C)N)N1CCCC(O)C1. The fourth-order valence-electron chi connectivity index (χ4n) is 2.97. The molecule has 0 radical (unpaired) electrons. The van der Waals surface area contributed by atoms with E-state index in [1.165, 1.54) is 11.1 Å². The summed E-state index contributed by atoms with van der Waals surface area (Å²) in [4.78, 5) is 2.33. The molecular formula is C15H24N2O. The molecular weight excluding hydrogens is 224 g/mol. The van der Waals surface area contributed by atoms with Gasteiger partial charge in [-0.1, -0.05) is 24.3 Å². The van der Waals surface area contributed by atoms with Crippen molar-refractivity contribution in [1.82, 2.24) is 4.90 Å². The number of nitrogens with zero attached hydrogens (tertiary/aromatic N) is 1. The van der Waals surface area contributed by atoms with Crippen LogP contribution in [0.25, 0.3) is 0 Å². The summed E-state index contributed by atoms with van der Waals surface area (Å²) < 4.78 is 0. The number of hydrogen-bond donors (Lipinski definition) is 2. The molecule has 0 saturated carbocycles. The predicted molar refractivity (Wildman–Crippen MR) is 74.4 cm³/mol. The van der Waals surface area contributed by atoms with Crippen LogP contribution in [0.15, 0.2) is 24.3 Å². The monoisotopic (exact) mass is 248 g/mol. The summed E-state index contributed by atoms with van der Waals surface area (Å²) in [5.74, 6) is 0. The fourth-order valence-corrected chi connectivity index (χ4v) is 2.97. The molecule has 2 rings (SSSR count). The van der Waals surface area contributed by atoms with Crippen LogP contribution in [0.1, 0.15) is 36.9 Å². The maximum absolute atomic E-state index is 9.84. The van der Waals surface area contributed by atoms with Crippen LogP contribution in [0.3, 0.4) is 0 Å². The largest absolute Gasteiger partial charge is 0.392 e. The van der Waals surface area contributed by atoms with Crippen molar-refractivity contribution in [1.29, 1.82) is 0 Å². The molecule has 3 N–H and O–H groups in total. The van der Waals surface area contributed by atoms with Gasteiger partial charge in [0.2, 0.25) is 0 Å². The second-order valence-corrected chi connectivity index (χ2v) is 5.45. The predicted octanol–water partition coefficient (Wildman–Crippen LogP) is 1.84. The molecule has 3 atom stereocenters. The minimum atomic E-state index is -0.205. The van der Waals surface area contributed by atoms with E-state index in [4.69, 9.17) is 5.73 Å². The number of aliphatic hydroxyl groups is 1. The molecule has 18 heavy (non-hydrogen) atoms. The van der Waals surface area contributed by atoms with Gasteiger partial charge in [0.15, 0.2) is 0 Å². The second-order valence-electron chi connectivity index (χ2n) is 5.45. The van der Waals surface area contributed by atoms with Crippen LogP contribution in [-0.4, -0.2) is 35.2 Å². The molecule has 1 fully saturated rings. The van der Waals surface area contributed by atoms with Crippen molar-refractivity contribution in [2.24, 2.45) is 5.73 Å². The highest BCUT2D eigenvalue weighted by molar-refractivity contribution is 5.30. The Kier molecular flexibility index (Phi) is 4.38. The van der Waals surface area contributed by atoms with Gasteiger partial charge in [0.25, 0.3) is 0 Å². The molecule has 1 saturated heterocycles. The molecule has 1 aliphatic heterocycles. The van der Waals surface area contributed by atoms with E-state index in [0.717, 1.165) is 25.9 Å². The van der Waals surface area contributed by atoms with Crippen molar-refractivity contribution >= 4 is 0 Å². The number of likely N-dealkylation sites (tertiary alicyclic amines) is 1. The molecule has 100 valence electrons. The maximum atomic E-state index is 9.84. The summed E-state index contributed by atoms with van der Waals surface area (Å²) in [5.41, 5.74) is 8.76. The Labute approximate surface area is 110 Å². The first-order valence-electron chi connectivity index (χ1n) is 6.83. The highest BCUT2D eigenvalue weighted by Crippen LogP contribution is 2.28. The van der Waals surface area contributed by atoms with Crippen LogP contribution in [0, 0.1) is 6.92 Å². The average molecular weight is 248 g/mol. The first-order valence-corrected chi connectivity index (χ1v) is 6.83. The van der Waals surface area contributed by atoms with Gasteiger partial charge in [-0.3, -0.25) is 4.90 Å². The average Bonchev–Trinajstić information content (AvgIpc) is 2.32. The topological polar surface area (TPSA) is 49.5 Å². The molecule has 1 aromatic carbocycles. The van der Waals surface area contributed by atoms with Crippen LogP contribution >= 0.6 is 0 Å². The summed E-state index contributed by atoms with van der Waals surface area (Å²) in [6.07, 6.45) is 1.76. The lowest BCUT2D eigenvalue weighted by Gasteiger charge is -2.39. The standard InChI is InChI=1S/C15H24N2O/c1-11-6-3-4-8-14(11)15(12(2)16)17-9-5-7-13(18)10-17/h3-4,6,8,12-13,15,18H,5,7,9-10,16H2,1-2H3. The third kappa shape index (κ3) is 2.91. The smallest absolute Gasteiger partial charge is 0.0667 e. The van der Waals surface area contributed by atoms with E-state index < -0.39 is 0 Å². The van der Waals surface area contributed by atoms with Crippen molar-refractivity contribution in [3.8, 4) is 0 Å². The number of hydrogen-bond acceptors (Lipinski definition) is 3. The summed E-state index contributed by atoms with van der Waals surface area (Å²) in [7, 11) is 0. The molecule has 3 unspecified atom stereocenters. The minimum absolute atomic E-state index is 0.0661. The zero-order valence-corrected chi connectivity index (χ0v) is 11.3. The van der Waals surface area contributed by atoms with E-state index >= 15 is 0 Å². The summed E-state index contributed by atoms with van der Waals surface area (Å²) in [6, 6.07) is 8.69. The molecule has 0 bridgehead atoms. The highest BCUT2D eigenvalue weighted by atomic mass is 16.3. The number of benzene rings is 1. The molecule has 0 spiro atoms. The minimum Gasteiger partial charge on any atom is -0.392 e. The summed E-state index contributed by atoms with van der Waals surface area (Å²) in [6.45, 7) is 5.95. The number of aryl methyl sites for hydroxylation is 1. The number of nitrogens with two attached hydrogens (primary N) is 1. The van der Waals surface area contributed by atoms with Crippen molar-refractivity contribution in [3.63, 3.8) is 0 Å². The van der Waals surface area contributed by atoms with E-state index in [9.17, 15) is 5.11 Å². The van der Waals surface area contributed by atoms with Crippen molar-refractivity contribution in [2.75, 3.05) is 13.1 Å². The van der Waals surface area contributed by atoms with E-state index in [0.29, 0.717) is 0 Å². The van der Waals surface area contributed by atoms with E-state index in [2.05, 4.69) is 43.0 Å². The Balaban J connectivity index is 2.26. The van der Waals surface area contributed by atoms with Gasteiger partial charge in [-0.25, -0.2) is 0 Å². The van der Waals surface area contributed by atoms with Crippen LogP contribution in [-0.2, 0) is 0 Å². The van der Waals surface area contributed by atoms with Gasteiger partial charge in [-0.05, 0) is 44.4 Å². The molecule has 1 aliphatic rings. The Morgan fingerprint density at radius 1 is 1.39 bits per heavy atom. The third-order valence-electron chi connectivity index (χ3n) is 3.83. The van der Waals surface area contributed by atoms with Crippen LogP contribution < -0.4 is 5.73 Å². The van der Waals surface area contributed by atoms with Gasteiger partial charge >= 0.3 is 0 Å². The number of β-amino-alcohol motifs (C(OH)–C–C–N with tert-alkyl or cyclic N) is 1. The van der Waals surface area contributed by atoms with Gasteiger partial charge in [-0.15, -0.1) is 0 Å².